The van der Waals surface area contributed by atoms with Crippen molar-refractivity contribution >= 4 is 27.9 Å². The number of carbonyl (C=O) groups is 1. The lowest BCUT2D eigenvalue weighted by Gasteiger charge is -2.31. The van der Waals surface area contributed by atoms with Gasteiger partial charge in [0, 0.05) is 12.1 Å². The van der Waals surface area contributed by atoms with Gasteiger partial charge in [-0.3, -0.25) is 4.79 Å². The Hall–Kier alpha value is -2.67. The van der Waals surface area contributed by atoms with Gasteiger partial charge >= 0.3 is 5.97 Å². The highest BCUT2D eigenvalue weighted by atomic mass is 79.9. The lowest BCUT2D eigenvalue weighted by atomic mass is 9.75. The molecule has 1 aliphatic carbocycles. The molecular weight excluding hydrogens is 427 g/mol. The van der Waals surface area contributed by atoms with E-state index in [1.54, 1.807) is 12.1 Å². The molecule has 1 fully saturated rings. The van der Waals surface area contributed by atoms with Crippen LogP contribution in [0.15, 0.2) is 57.6 Å². The van der Waals surface area contributed by atoms with Crippen LogP contribution in [0.3, 0.4) is 0 Å². The van der Waals surface area contributed by atoms with Crippen molar-refractivity contribution in [1.29, 1.82) is 0 Å². The van der Waals surface area contributed by atoms with Crippen molar-refractivity contribution in [3.05, 3.63) is 59.0 Å². The molecule has 2 N–H and O–H groups in total. The van der Waals surface area contributed by atoms with Crippen LogP contribution in [-0.4, -0.2) is 22.6 Å². The first-order chi connectivity index (χ1) is 13.5. The van der Waals surface area contributed by atoms with Gasteiger partial charge < -0.3 is 14.8 Å². The standard InChI is InChI=1S/C21H18BrFN2O3/c22-19-18(25-21(28-19)24-11-12-9-16(10-12)20(26)27)15-3-1-13(2-4-15)14-5-7-17(23)8-6-14/h1-8,12,16H,9-11H2,(H,24,25)(H,26,27). The third-order valence-corrected chi connectivity index (χ3v) is 5.59. The summed E-state index contributed by atoms with van der Waals surface area (Å²) in [5.41, 5.74) is 3.50. The second kappa shape index (κ2) is 7.75. The highest BCUT2D eigenvalue weighted by molar-refractivity contribution is 9.10. The number of nitrogens with zero attached hydrogens (tertiary/aromatic N) is 1. The van der Waals surface area contributed by atoms with Gasteiger partial charge in [-0.2, -0.15) is 4.98 Å². The van der Waals surface area contributed by atoms with Gasteiger partial charge in [-0.1, -0.05) is 36.4 Å². The van der Waals surface area contributed by atoms with E-state index in [-0.39, 0.29) is 11.7 Å². The molecule has 1 heterocycles. The van der Waals surface area contributed by atoms with E-state index in [1.807, 2.05) is 24.3 Å². The monoisotopic (exact) mass is 444 g/mol. The van der Waals surface area contributed by atoms with E-state index in [4.69, 9.17) is 9.52 Å². The maximum absolute atomic E-state index is 13.1. The normalized spacial score (nSPS) is 18.5. The highest BCUT2D eigenvalue weighted by Crippen LogP contribution is 2.35. The average molecular weight is 445 g/mol. The lowest BCUT2D eigenvalue weighted by Crippen LogP contribution is -2.34. The second-order valence-corrected chi connectivity index (χ2v) is 7.70. The Bertz CT molecular complexity index is 980. The minimum atomic E-state index is -0.721. The first kappa shape index (κ1) is 18.7. The van der Waals surface area contributed by atoms with E-state index < -0.39 is 5.97 Å². The van der Waals surface area contributed by atoms with Gasteiger partial charge in [0.05, 0.1) is 5.92 Å². The molecule has 0 aliphatic heterocycles. The summed E-state index contributed by atoms with van der Waals surface area (Å²) in [4.78, 5) is 15.3. The van der Waals surface area contributed by atoms with Crippen LogP contribution in [0.2, 0.25) is 0 Å². The van der Waals surface area contributed by atoms with Crippen LogP contribution in [0.25, 0.3) is 22.4 Å². The molecule has 1 aliphatic rings. The number of nitrogens with one attached hydrogen (secondary N) is 1. The molecule has 4 rings (SSSR count). The average Bonchev–Trinajstić information content (AvgIpc) is 3.01. The van der Waals surface area contributed by atoms with Gasteiger partial charge in [0.25, 0.3) is 6.01 Å². The summed E-state index contributed by atoms with van der Waals surface area (Å²) in [6.07, 6.45) is 1.36. The van der Waals surface area contributed by atoms with E-state index in [9.17, 15) is 9.18 Å². The Labute approximate surface area is 169 Å². The largest absolute Gasteiger partial charge is 0.481 e. The zero-order valence-corrected chi connectivity index (χ0v) is 16.4. The molecule has 0 amide bonds. The maximum atomic E-state index is 13.1. The van der Waals surface area contributed by atoms with Crippen LogP contribution in [-0.2, 0) is 4.79 Å². The molecule has 1 aromatic heterocycles. The van der Waals surface area contributed by atoms with E-state index in [0.717, 1.165) is 16.7 Å². The molecule has 144 valence electrons. The van der Waals surface area contributed by atoms with Crippen molar-refractivity contribution in [1.82, 2.24) is 4.98 Å². The number of carboxylic acids is 1. The fourth-order valence-electron chi connectivity index (χ4n) is 3.35. The SMILES string of the molecule is O=C(O)C1CC(CNc2nc(-c3ccc(-c4ccc(F)cc4)cc3)c(Br)o2)C1. The number of oxazole rings is 1. The first-order valence-corrected chi connectivity index (χ1v) is 9.78. The third kappa shape index (κ3) is 3.94. The van der Waals surface area contributed by atoms with Crippen molar-refractivity contribution in [3.63, 3.8) is 0 Å². The predicted molar refractivity (Wildman–Crippen MR) is 107 cm³/mol. The maximum Gasteiger partial charge on any atom is 0.306 e. The molecule has 0 unspecified atom stereocenters. The van der Waals surface area contributed by atoms with Gasteiger partial charge in [-0.15, -0.1) is 0 Å². The van der Waals surface area contributed by atoms with Crippen molar-refractivity contribution in [2.45, 2.75) is 12.8 Å². The number of carboxylic acid groups (broad SMARTS) is 1. The molecule has 0 bridgehead atoms. The molecule has 0 radical (unpaired) electrons. The van der Waals surface area contributed by atoms with Crippen LogP contribution >= 0.6 is 15.9 Å². The lowest BCUT2D eigenvalue weighted by molar-refractivity contribution is -0.146. The first-order valence-electron chi connectivity index (χ1n) is 8.99. The minimum Gasteiger partial charge on any atom is -0.481 e. The fraction of sp³-hybridized carbons (Fsp3) is 0.238. The Balaban J connectivity index is 1.42. The summed E-state index contributed by atoms with van der Waals surface area (Å²) in [6.45, 7) is 0.639. The summed E-state index contributed by atoms with van der Waals surface area (Å²) in [7, 11) is 0. The minimum absolute atomic E-state index is 0.224. The van der Waals surface area contributed by atoms with Crippen LogP contribution in [0.5, 0.6) is 0 Å². The number of hydrogen-bond donors (Lipinski definition) is 2. The quantitative estimate of drug-likeness (QED) is 0.529. The van der Waals surface area contributed by atoms with E-state index in [2.05, 4.69) is 26.2 Å². The second-order valence-electron chi connectivity index (χ2n) is 6.98. The topological polar surface area (TPSA) is 75.4 Å². The van der Waals surface area contributed by atoms with E-state index in [0.29, 0.717) is 41.7 Å². The molecule has 0 saturated heterocycles. The molecular formula is C21H18BrFN2O3. The number of aliphatic carboxylic acids is 1. The van der Waals surface area contributed by atoms with Crippen molar-refractivity contribution in [3.8, 4) is 22.4 Å². The summed E-state index contributed by atoms with van der Waals surface area (Å²) < 4.78 is 19.2. The van der Waals surface area contributed by atoms with Crippen LogP contribution in [0.4, 0.5) is 10.4 Å². The summed E-state index contributed by atoms with van der Waals surface area (Å²) in [5.74, 6) is -0.878. The number of aromatic nitrogens is 1. The van der Waals surface area contributed by atoms with Crippen molar-refractivity contribution in [2.75, 3.05) is 11.9 Å². The molecule has 0 atom stereocenters. The van der Waals surface area contributed by atoms with E-state index >= 15 is 0 Å². The van der Waals surface area contributed by atoms with Crippen LogP contribution in [0.1, 0.15) is 12.8 Å². The number of anilines is 1. The van der Waals surface area contributed by atoms with Gasteiger partial charge in [0.1, 0.15) is 11.5 Å². The number of benzene rings is 2. The molecule has 5 nitrogen and oxygen atoms in total. The Morgan fingerprint density at radius 1 is 1.11 bits per heavy atom. The van der Waals surface area contributed by atoms with Crippen LogP contribution in [0, 0.1) is 17.7 Å². The zero-order chi connectivity index (χ0) is 19.7. The van der Waals surface area contributed by atoms with Gasteiger partial charge in [-0.05, 0) is 57.9 Å². The molecule has 7 heteroatoms. The van der Waals surface area contributed by atoms with Crippen molar-refractivity contribution in [2.24, 2.45) is 11.8 Å². The summed E-state index contributed by atoms with van der Waals surface area (Å²) >= 11 is 3.40. The Kier molecular flexibility index (Phi) is 5.17. The van der Waals surface area contributed by atoms with Crippen LogP contribution < -0.4 is 5.32 Å². The Morgan fingerprint density at radius 3 is 2.29 bits per heavy atom. The van der Waals surface area contributed by atoms with Gasteiger partial charge in [0.2, 0.25) is 0 Å². The molecule has 3 aromatic rings. The number of halogens is 2. The third-order valence-electron chi connectivity index (χ3n) is 5.05. The molecule has 28 heavy (non-hydrogen) atoms. The Morgan fingerprint density at radius 2 is 1.68 bits per heavy atom. The van der Waals surface area contributed by atoms with Crippen molar-refractivity contribution < 1.29 is 18.7 Å². The molecule has 0 spiro atoms. The van der Waals surface area contributed by atoms with E-state index in [1.165, 1.54) is 12.1 Å². The summed E-state index contributed by atoms with van der Waals surface area (Å²) in [5, 5.41) is 12.1. The molecule has 2 aromatic carbocycles. The fourth-order valence-corrected chi connectivity index (χ4v) is 3.82. The smallest absolute Gasteiger partial charge is 0.306 e. The van der Waals surface area contributed by atoms with Gasteiger partial charge in [0.15, 0.2) is 4.67 Å². The zero-order valence-electron chi connectivity index (χ0n) is 14.9. The predicted octanol–water partition coefficient (Wildman–Crippen LogP) is 5.43. The summed E-state index contributed by atoms with van der Waals surface area (Å²) in [6, 6.07) is 14.6. The molecule has 1 saturated carbocycles. The highest BCUT2D eigenvalue weighted by Gasteiger charge is 2.34. The number of rotatable bonds is 6. The number of hydrogen-bond acceptors (Lipinski definition) is 4. The van der Waals surface area contributed by atoms with Gasteiger partial charge in [-0.25, -0.2) is 4.39 Å².